The summed E-state index contributed by atoms with van der Waals surface area (Å²) in [6.07, 6.45) is 2.51. The zero-order valence-corrected chi connectivity index (χ0v) is 15.5. The van der Waals surface area contributed by atoms with Gasteiger partial charge in [0.1, 0.15) is 0 Å². The zero-order valence-electron chi connectivity index (χ0n) is 14.6. The molecular weight excluding hydrogens is 340 g/mol. The number of carbonyl (C=O) groups is 1. The van der Waals surface area contributed by atoms with Crippen molar-refractivity contribution in [2.45, 2.75) is 39.3 Å². The SMILES string of the molecule is CC1(C)CN(C(=O)CCn2ncc(=O)c3ccccc32)CCC1N.Cl. The predicted molar refractivity (Wildman–Crippen MR) is 101 cm³/mol. The van der Waals surface area contributed by atoms with Crippen molar-refractivity contribution in [3.8, 4) is 0 Å². The molecule has 1 amide bonds. The number of halogens is 1. The number of nitrogens with two attached hydrogens (primary N) is 1. The molecule has 1 aromatic heterocycles. The van der Waals surface area contributed by atoms with Crippen LogP contribution in [0.25, 0.3) is 10.9 Å². The van der Waals surface area contributed by atoms with Crippen LogP contribution in [0.3, 0.4) is 0 Å². The second-order valence-corrected chi connectivity index (χ2v) is 7.20. The van der Waals surface area contributed by atoms with Crippen LogP contribution in [0.1, 0.15) is 26.7 Å². The highest BCUT2D eigenvalue weighted by Gasteiger charge is 2.35. The fraction of sp³-hybridized carbons (Fsp3) is 0.500. The molecule has 1 aliphatic rings. The minimum atomic E-state index is -0.0973. The standard InChI is InChI=1S/C18H24N4O2.ClH/c1-18(2)12-21(9-7-16(18)19)17(24)8-10-22-14-6-4-3-5-13(14)15(23)11-20-22;/h3-6,11,16H,7-10,12,19H2,1-2H3;1H. The molecule has 3 rings (SSSR count). The highest BCUT2D eigenvalue weighted by molar-refractivity contribution is 5.85. The number of para-hydroxylation sites is 1. The van der Waals surface area contributed by atoms with Gasteiger partial charge in [0.2, 0.25) is 11.3 Å². The summed E-state index contributed by atoms with van der Waals surface area (Å²) >= 11 is 0. The first-order valence-electron chi connectivity index (χ1n) is 8.37. The molecule has 0 aliphatic carbocycles. The maximum absolute atomic E-state index is 12.6. The normalized spacial score (nSPS) is 19.5. The summed E-state index contributed by atoms with van der Waals surface area (Å²) in [6.45, 7) is 6.07. The van der Waals surface area contributed by atoms with Crippen molar-refractivity contribution in [2.24, 2.45) is 11.1 Å². The van der Waals surface area contributed by atoms with Gasteiger partial charge in [-0.2, -0.15) is 5.10 Å². The Labute approximate surface area is 153 Å². The molecule has 1 fully saturated rings. The number of likely N-dealkylation sites (tertiary alicyclic amines) is 1. The maximum Gasteiger partial charge on any atom is 0.224 e. The highest BCUT2D eigenvalue weighted by atomic mass is 35.5. The predicted octanol–water partition coefficient (Wildman–Crippen LogP) is 1.79. The molecule has 0 spiro atoms. The number of aryl methyl sites for hydroxylation is 1. The summed E-state index contributed by atoms with van der Waals surface area (Å²) in [5, 5.41) is 4.81. The first kappa shape index (κ1) is 19.4. The third kappa shape index (κ3) is 4.02. The van der Waals surface area contributed by atoms with Crippen molar-refractivity contribution in [1.82, 2.24) is 14.7 Å². The third-order valence-corrected chi connectivity index (χ3v) is 4.96. The van der Waals surface area contributed by atoms with Crippen LogP contribution >= 0.6 is 12.4 Å². The van der Waals surface area contributed by atoms with Crippen LogP contribution < -0.4 is 11.2 Å². The van der Waals surface area contributed by atoms with E-state index in [0.717, 1.165) is 11.9 Å². The van der Waals surface area contributed by atoms with E-state index in [0.29, 0.717) is 31.4 Å². The molecule has 2 heterocycles. The molecule has 136 valence electrons. The molecular formula is C18H25ClN4O2. The summed E-state index contributed by atoms with van der Waals surface area (Å²) in [5.41, 5.74) is 6.74. The van der Waals surface area contributed by atoms with E-state index in [9.17, 15) is 9.59 Å². The van der Waals surface area contributed by atoms with Gasteiger partial charge in [-0.15, -0.1) is 12.4 Å². The van der Waals surface area contributed by atoms with Gasteiger partial charge >= 0.3 is 0 Å². The lowest BCUT2D eigenvalue weighted by Gasteiger charge is -2.42. The molecule has 1 atom stereocenters. The molecule has 1 aromatic carbocycles. The van der Waals surface area contributed by atoms with Gasteiger partial charge in [0.15, 0.2) is 0 Å². The molecule has 25 heavy (non-hydrogen) atoms. The number of amides is 1. The number of piperidine rings is 1. The first-order chi connectivity index (χ1) is 11.4. The highest BCUT2D eigenvalue weighted by Crippen LogP contribution is 2.28. The molecule has 6 nitrogen and oxygen atoms in total. The van der Waals surface area contributed by atoms with E-state index in [-0.39, 0.29) is 35.2 Å². The van der Waals surface area contributed by atoms with Crippen LogP contribution in [0, 0.1) is 5.41 Å². The molecule has 1 saturated heterocycles. The molecule has 1 aliphatic heterocycles. The molecule has 7 heteroatoms. The van der Waals surface area contributed by atoms with Crippen molar-refractivity contribution < 1.29 is 4.79 Å². The van der Waals surface area contributed by atoms with Gasteiger partial charge < -0.3 is 10.6 Å². The quantitative estimate of drug-likeness (QED) is 0.900. The molecule has 0 bridgehead atoms. The summed E-state index contributed by atoms with van der Waals surface area (Å²) in [5.74, 6) is 0.111. The number of aromatic nitrogens is 2. The first-order valence-corrected chi connectivity index (χ1v) is 8.37. The average Bonchev–Trinajstić information content (AvgIpc) is 2.56. The lowest BCUT2D eigenvalue weighted by molar-refractivity contribution is -0.134. The number of carbonyl (C=O) groups excluding carboxylic acids is 1. The van der Waals surface area contributed by atoms with Crippen molar-refractivity contribution in [2.75, 3.05) is 13.1 Å². The van der Waals surface area contributed by atoms with Crippen LogP contribution in [0.15, 0.2) is 35.3 Å². The summed E-state index contributed by atoms with van der Waals surface area (Å²) in [7, 11) is 0. The van der Waals surface area contributed by atoms with Crippen LogP contribution in [0.2, 0.25) is 0 Å². The fourth-order valence-corrected chi connectivity index (χ4v) is 3.29. The monoisotopic (exact) mass is 364 g/mol. The summed E-state index contributed by atoms with van der Waals surface area (Å²) < 4.78 is 1.73. The Bertz CT molecular complexity index is 818. The molecule has 2 N–H and O–H groups in total. The van der Waals surface area contributed by atoms with Crippen molar-refractivity contribution >= 4 is 29.2 Å². The number of hydrogen-bond acceptors (Lipinski definition) is 4. The Morgan fingerprint density at radius 3 is 2.80 bits per heavy atom. The lowest BCUT2D eigenvalue weighted by atomic mass is 9.79. The molecule has 0 radical (unpaired) electrons. The number of hydrogen-bond donors (Lipinski definition) is 1. The van der Waals surface area contributed by atoms with Gasteiger partial charge in [0.25, 0.3) is 0 Å². The number of fused-ring (bicyclic) bond motifs is 1. The van der Waals surface area contributed by atoms with E-state index < -0.39 is 0 Å². The Hall–Kier alpha value is -1.92. The van der Waals surface area contributed by atoms with Crippen LogP contribution in [0.4, 0.5) is 0 Å². The lowest BCUT2D eigenvalue weighted by Crippen LogP contribution is -2.54. The van der Waals surface area contributed by atoms with E-state index in [1.54, 1.807) is 10.7 Å². The van der Waals surface area contributed by atoms with Gasteiger partial charge in [-0.1, -0.05) is 26.0 Å². The minimum Gasteiger partial charge on any atom is -0.342 e. The van der Waals surface area contributed by atoms with Crippen LogP contribution in [-0.2, 0) is 11.3 Å². The molecule has 2 aromatic rings. The Morgan fingerprint density at radius 1 is 1.36 bits per heavy atom. The number of nitrogens with zero attached hydrogens (tertiary/aromatic N) is 3. The number of rotatable bonds is 3. The second kappa shape index (κ2) is 7.54. The topological polar surface area (TPSA) is 81.2 Å². The Kier molecular flexibility index (Phi) is 5.85. The maximum atomic E-state index is 12.6. The average molecular weight is 365 g/mol. The van der Waals surface area contributed by atoms with Crippen molar-refractivity contribution in [3.63, 3.8) is 0 Å². The van der Waals surface area contributed by atoms with Gasteiger partial charge in [0, 0.05) is 30.9 Å². The van der Waals surface area contributed by atoms with Gasteiger partial charge in [0.05, 0.1) is 18.3 Å². The third-order valence-electron chi connectivity index (χ3n) is 4.96. The second-order valence-electron chi connectivity index (χ2n) is 7.20. The van der Waals surface area contributed by atoms with Gasteiger partial charge in [-0.05, 0) is 24.0 Å². The van der Waals surface area contributed by atoms with Gasteiger partial charge in [-0.25, -0.2) is 0 Å². The van der Waals surface area contributed by atoms with E-state index in [1.807, 2.05) is 23.1 Å². The van der Waals surface area contributed by atoms with Crippen molar-refractivity contribution in [1.29, 1.82) is 0 Å². The van der Waals surface area contributed by atoms with Crippen molar-refractivity contribution in [3.05, 3.63) is 40.7 Å². The van der Waals surface area contributed by atoms with E-state index in [2.05, 4.69) is 18.9 Å². The minimum absolute atomic E-state index is 0. The van der Waals surface area contributed by atoms with E-state index >= 15 is 0 Å². The van der Waals surface area contributed by atoms with E-state index in [1.165, 1.54) is 6.20 Å². The summed E-state index contributed by atoms with van der Waals surface area (Å²) in [4.78, 5) is 26.3. The Balaban J connectivity index is 0.00000225. The molecule has 0 saturated carbocycles. The number of benzene rings is 1. The van der Waals surface area contributed by atoms with E-state index in [4.69, 9.17) is 5.73 Å². The fourth-order valence-electron chi connectivity index (χ4n) is 3.29. The van der Waals surface area contributed by atoms with Crippen LogP contribution in [-0.4, -0.2) is 39.7 Å². The molecule has 1 unspecified atom stereocenters. The summed E-state index contributed by atoms with van der Waals surface area (Å²) in [6, 6.07) is 7.48. The Morgan fingerprint density at radius 2 is 2.08 bits per heavy atom. The van der Waals surface area contributed by atoms with Gasteiger partial charge in [-0.3, -0.25) is 14.3 Å². The van der Waals surface area contributed by atoms with Crippen LogP contribution in [0.5, 0.6) is 0 Å². The smallest absolute Gasteiger partial charge is 0.224 e. The zero-order chi connectivity index (χ0) is 17.3. The largest absolute Gasteiger partial charge is 0.342 e.